The Balaban J connectivity index is 1.36. The molecular formula is C21H26FN3O2. The summed E-state index contributed by atoms with van der Waals surface area (Å²) >= 11 is 0. The van der Waals surface area contributed by atoms with Crippen molar-refractivity contribution in [2.75, 3.05) is 13.1 Å². The molecule has 1 atom stereocenters. The van der Waals surface area contributed by atoms with E-state index in [0.717, 1.165) is 37.3 Å². The maximum atomic E-state index is 13.1. The highest BCUT2D eigenvalue weighted by Crippen LogP contribution is 2.31. The third-order valence-corrected chi connectivity index (χ3v) is 5.91. The summed E-state index contributed by atoms with van der Waals surface area (Å²) in [5.74, 6) is 1.82. The van der Waals surface area contributed by atoms with Crippen LogP contribution in [0, 0.1) is 11.7 Å². The number of aromatic nitrogens is 2. The van der Waals surface area contributed by atoms with Crippen LogP contribution in [-0.2, 0) is 4.79 Å². The number of rotatable bonds is 5. The van der Waals surface area contributed by atoms with Crippen LogP contribution in [0.2, 0.25) is 0 Å². The molecule has 0 unspecified atom stereocenters. The van der Waals surface area contributed by atoms with Crippen LogP contribution in [-0.4, -0.2) is 34.0 Å². The Morgan fingerprint density at radius 3 is 2.70 bits per heavy atom. The van der Waals surface area contributed by atoms with Crippen LogP contribution in [0.4, 0.5) is 4.39 Å². The summed E-state index contributed by atoms with van der Waals surface area (Å²) in [6.45, 7) is 1.47. The fourth-order valence-electron chi connectivity index (χ4n) is 4.31. The van der Waals surface area contributed by atoms with Crippen molar-refractivity contribution in [3.8, 4) is 11.4 Å². The lowest BCUT2D eigenvalue weighted by Gasteiger charge is -2.31. The molecule has 2 aliphatic rings. The zero-order valence-corrected chi connectivity index (χ0v) is 15.6. The van der Waals surface area contributed by atoms with Gasteiger partial charge in [-0.2, -0.15) is 4.98 Å². The highest BCUT2D eigenvalue weighted by molar-refractivity contribution is 5.76. The molecule has 6 heteroatoms. The summed E-state index contributed by atoms with van der Waals surface area (Å²) in [6.07, 6.45) is 8.77. The molecule has 144 valence electrons. The van der Waals surface area contributed by atoms with Gasteiger partial charge in [-0.1, -0.05) is 30.8 Å². The summed E-state index contributed by atoms with van der Waals surface area (Å²) in [5.41, 5.74) is 0.728. The molecule has 1 amide bonds. The second-order valence-electron chi connectivity index (χ2n) is 7.83. The smallest absolute Gasteiger partial charge is 0.231 e. The zero-order chi connectivity index (χ0) is 18.6. The Kier molecular flexibility index (Phi) is 5.50. The minimum atomic E-state index is -0.290. The molecule has 1 aliphatic carbocycles. The number of hydrogen-bond acceptors (Lipinski definition) is 4. The fraction of sp³-hybridized carbons (Fsp3) is 0.571. The molecule has 2 aromatic rings. The summed E-state index contributed by atoms with van der Waals surface area (Å²) in [7, 11) is 0. The number of carbonyl (C=O) groups is 1. The van der Waals surface area contributed by atoms with Gasteiger partial charge in [0.05, 0.1) is 5.92 Å². The summed E-state index contributed by atoms with van der Waals surface area (Å²) in [6, 6.07) is 6.06. The lowest BCUT2D eigenvalue weighted by Crippen LogP contribution is -2.39. The van der Waals surface area contributed by atoms with Crippen molar-refractivity contribution < 1.29 is 13.7 Å². The molecule has 1 aliphatic heterocycles. The van der Waals surface area contributed by atoms with E-state index in [4.69, 9.17) is 4.52 Å². The fourth-order valence-corrected chi connectivity index (χ4v) is 4.31. The molecule has 1 saturated heterocycles. The Labute approximate surface area is 158 Å². The topological polar surface area (TPSA) is 59.2 Å². The van der Waals surface area contributed by atoms with Crippen molar-refractivity contribution >= 4 is 5.91 Å². The SMILES string of the molecule is O=C(CCC1CCCC1)N1CCC[C@H](c2nc(-c3ccc(F)cc3)no2)C1. The molecule has 4 rings (SSSR count). The normalized spacial score (nSPS) is 20.9. The molecule has 1 aromatic carbocycles. The summed E-state index contributed by atoms with van der Waals surface area (Å²) in [5, 5.41) is 4.04. The number of amides is 1. The molecule has 0 bridgehead atoms. The van der Waals surface area contributed by atoms with Crippen molar-refractivity contribution in [1.29, 1.82) is 0 Å². The van der Waals surface area contributed by atoms with Gasteiger partial charge in [-0.15, -0.1) is 0 Å². The molecule has 1 saturated carbocycles. The van der Waals surface area contributed by atoms with Crippen molar-refractivity contribution in [1.82, 2.24) is 15.0 Å². The molecule has 0 radical (unpaired) electrons. The van der Waals surface area contributed by atoms with E-state index in [1.807, 2.05) is 4.90 Å². The first kappa shape index (κ1) is 18.1. The van der Waals surface area contributed by atoms with Gasteiger partial charge in [-0.05, 0) is 49.4 Å². The number of halogens is 1. The maximum absolute atomic E-state index is 13.1. The quantitative estimate of drug-likeness (QED) is 0.773. The minimum absolute atomic E-state index is 0.0795. The van der Waals surface area contributed by atoms with E-state index in [9.17, 15) is 9.18 Å². The largest absolute Gasteiger partial charge is 0.342 e. The lowest BCUT2D eigenvalue weighted by molar-refractivity contribution is -0.132. The van der Waals surface area contributed by atoms with Gasteiger partial charge in [0.25, 0.3) is 0 Å². The highest BCUT2D eigenvalue weighted by atomic mass is 19.1. The number of benzene rings is 1. The molecule has 5 nitrogen and oxygen atoms in total. The van der Waals surface area contributed by atoms with Crippen LogP contribution in [0.25, 0.3) is 11.4 Å². The van der Waals surface area contributed by atoms with Gasteiger partial charge < -0.3 is 9.42 Å². The first-order chi connectivity index (χ1) is 13.2. The molecule has 0 N–H and O–H groups in total. The number of nitrogens with zero attached hydrogens (tertiary/aromatic N) is 3. The highest BCUT2D eigenvalue weighted by Gasteiger charge is 2.29. The van der Waals surface area contributed by atoms with E-state index in [-0.39, 0.29) is 17.6 Å². The van der Waals surface area contributed by atoms with Crippen molar-refractivity contribution in [2.24, 2.45) is 5.92 Å². The molecular weight excluding hydrogens is 345 g/mol. The average molecular weight is 371 g/mol. The Bertz CT molecular complexity index is 768. The van der Waals surface area contributed by atoms with E-state index in [1.54, 1.807) is 12.1 Å². The Morgan fingerprint density at radius 1 is 1.15 bits per heavy atom. The van der Waals surface area contributed by atoms with Crippen LogP contribution in [0.5, 0.6) is 0 Å². The second-order valence-corrected chi connectivity index (χ2v) is 7.83. The first-order valence-electron chi connectivity index (χ1n) is 10.1. The number of piperidine rings is 1. The van der Waals surface area contributed by atoms with E-state index >= 15 is 0 Å². The molecule has 0 spiro atoms. The predicted octanol–water partition coefficient (Wildman–Crippen LogP) is 4.55. The van der Waals surface area contributed by atoms with Crippen LogP contribution < -0.4 is 0 Å². The lowest BCUT2D eigenvalue weighted by atomic mass is 9.96. The van der Waals surface area contributed by atoms with Crippen LogP contribution in [0.3, 0.4) is 0 Å². The third kappa shape index (κ3) is 4.37. The van der Waals surface area contributed by atoms with E-state index in [2.05, 4.69) is 10.1 Å². The van der Waals surface area contributed by atoms with Crippen LogP contribution >= 0.6 is 0 Å². The maximum Gasteiger partial charge on any atom is 0.231 e. The monoisotopic (exact) mass is 371 g/mol. The number of hydrogen-bond donors (Lipinski definition) is 0. The number of carbonyl (C=O) groups excluding carboxylic acids is 1. The van der Waals surface area contributed by atoms with Gasteiger partial charge in [0, 0.05) is 25.1 Å². The Hall–Kier alpha value is -2.24. The summed E-state index contributed by atoms with van der Waals surface area (Å²) < 4.78 is 18.5. The van der Waals surface area contributed by atoms with Gasteiger partial charge in [0.1, 0.15) is 5.82 Å². The van der Waals surface area contributed by atoms with Crippen molar-refractivity contribution in [2.45, 2.75) is 57.3 Å². The zero-order valence-electron chi connectivity index (χ0n) is 15.6. The van der Waals surface area contributed by atoms with E-state index < -0.39 is 0 Å². The standard InChI is InChI=1S/C21H26FN3O2/c22-18-10-8-16(9-11-18)20-23-21(27-24-20)17-6-3-13-25(14-17)19(26)12-7-15-4-1-2-5-15/h8-11,15,17H,1-7,12-14H2/t17-/m0/s1. The van der Waals surface area contributed by atoms with Gasteiger partial charge in [0.15, 0.2) is 0 Å². The molecule has 2 heterocycles. The Morgan fingerprint density at radius 2 is 1.93 bits per heavy atom. The second kappa shape index (κ2) is 8.19. The van der Waals surface area contributed by atoms with Gasteiger partial charge in [-0.3, -0.25) is 4.79 Å². The molecule has 27 heavy (non-hydrogen) atoms. The van der Waals surface area contributed by atoms with Crippen LogP contribution in [0.1, 0.15) is 63.2 Å². The first-order valence-corrected chi connectivity index (χ1v) is 10.1. The molecule has 1 aromatic heterocycles. The van der Waals surface area contributed by atoms with E-state index in [0.29, 0.717) is 24.7 Å². The summed E-state index contributed by atoms with van der Waals surface area (Å²) in [4.78, 5) is 19.1. The minimum Gasteiger partial charge on any atom is -0.342 e. The van der Waals surface area contributed by atoms with E-state index in [1.165, 1.54) is 37.8 Å². The third-order valence-electron chi connectivity index (χ3n) is 5.91. The van der Waals surface area contributed by atoms with Crippen LogP contribution in [0.15, 0.2) is 28.8 Å². The van der Waals surface area contributed by atoms with Gasteiger partial charge in [-0.25, -0.2) is 4.39 Å². The van der Waals surface area contributed by atoms with Gasteiger partial charge in [0.2, 0.25) is 17.6 Å². The van der Waals surface area contributed by atoms with Gasteiger partial charge >= 0.3 is 0 Å². The average Bonchev–Trinajstić information content (AvgIpc) is 3.39. The predicted molar refractivity (Wildman–Crippen MR) is 99.4 cm³/mol. The van der Waals surface area contributed by atoms with Crippen molar-refractivity contribution in [3.63, 3.8) is 0 Å². The molecule has 2 fully saturated rings. The number of likely N-dealkylation sites (tertiary alicyclic amines) is 1. The van der Waals surface area contributed by atoms with Crippen molar-refractivity contribution in [3.05, 3.63) is 36.0 Å².